The summed E-state index contributed by atoms with van der Waals surface area (Å²) in [6, 6.07) is 3.88. The molecule has 1 aliphatic heterocycles. The maximum absolute atomic E-state index is 13.2. The zero-order valence-electron chi connectivity index (χ0n) is 20.9. The van der Waals surface area contributed by atoms with Gasteiger partial charge in [0.15, 0.2) is 0 Å². The van der Waals surface area contributed by atoms with Crippen LogP contribution in [0.2, 0.25) is 10.0 Å². The number of phenolic OH excluding ortho intramolecular Hbond substituents is 1. The van der Waals surface area contributed by atoms with Crippen LogP contribution in [-0.4, -0.2) is 53.4 Å². The molecule has 3 rings (SSSR count). The second kappa shape index (κ2) is 9.93. The Kier molecular flexibility index (Phi) is 7.72. The van der Waals surface area contributed by atoms with Crippen LogP contribution >= 0.6 is 23.2 Å². The number of carbonyl (C=O) groups excluding carboxylic acids is 1. The van der Waals surface area contributed by atoms with E-state index in [1.165, 1.54) is 25.2 Å². The van der Waals surface area contributed by atoms with E-state index < -0.39 is 23.5 Å². The highest BCUT2D eigenvalue weighted by molar-refractivity contribution is 6.38. The first-order chi connectivity index (χ1) is 16.3. The molecule has 1 saturated heterocycles. The third-order valence-electron chi connectivity index (χ3n) is 5.68. The fourth-order valence-electron chi connectivity index (χ4n) is 4.17. The Morgan fingerprint density at radius 3 is 2.37 bits per heavy atom. The van der Waals surface area contributed by atoms with Crippen LogP contribution in [0.1, 0.15) is 51.8 Å². The first kappa shape index (κ1) is 27.2. The summed E-state index contributed by atoms with van der Waals surface area (Å²) in [6.07, 6.45) is -0.593. The molecule has 0 spiro atoms. The van der Waals surface area contributed by atoms with Crippen molar-refractivity contribution in [3.05, 3.63) is 39.4 Å². The molecule has 8 nitrogen and oxygen atoms in total. The van der Waals surface area contributed by atoms with E-state index in [-0.39, 0.29) is 34.6 Å². The van der Waals surface area contributed by atoms with Gasteiger partial charge in [0.25, 0.3) is 0 Å². The molecular formula is C25H31Cl2NO7. The summed E-state index contributed by atoms with van der Waals surface area (Å²) < 4.78 is 22.4. The number of benzene rings is 2. The van der Waals surface area contributed by atoms with E-state index in [0.717, 1.165) is 0 Å². The van der Waals surface area contributed by atoms with E-state index in [4.69, 9.17) is 42.1 Å². The summed E-state index contributed by atoms with van der Waals surface area (Å²) in [5.74, 6) is 0.566. The Labute approximate surface area is 215 Å². The summed E-state index contributed by atoms with van der Waals surface area (Å²) in [5.41, 5.74) is -0.383. The number of aliphatic hydroxyl groups is 1. The standard InChI is InChI=1S/C25H31Cl2NO7/c1-24(2,3)35-23(31)28-16(12-34-25(28,4)5)20-15(26)10-17(30)21(22(20)27)19-13(11-29)8-14(32-6)9-18(19)33-7/h8-10,16,29-30H,11-12H2,1-7H3/t16-/m0/s1. The third-order valence-corrected chi connectivity index (χ3v) is 6.38. The predicted molar refractivity (Wildman–Crippen MR) is 133 cm³/mol. The quantitative estimate of drug-likeness (QED) is 0.497. The van der Waals surface area contributed by atoms with Crippen LogP contribution < -0.4 is 9.47 Å². The topological polar surface area (TPSA) is 97.7 Å². The van der Waals surface area contributed by atoms with Gasteiger partial charge in [-0.05, 0) is 52.3 Å². The van der Waals surface area contributed by atoms with E-state index in [1.807, 2.05) is 0 Å². The maximum Gasteiger partial charge on any atom is 0.413 e. The first-order valence-corrected chi connectivity index (χ1v) is 11.7. The Hall–Kier alpha value is -2.39. The minimum atomic E-state index is -1.01. The molecule has 1 aliphatic rings. The molecular weight excluding hydrogens is 497 g/mol. The third kappa shape index (κ3) is 5.26. The van der Waals surface area contributed by atoms with Crippen LogP contribution in [0.5, 0.6) is 17.2 Å². The van der Waals surface area contributed by atoms with Crippen molar-refractivity contribution >= 4 is 29.3 Å². The number of nitrogens with zero attached hydrogens (tertiary/aromatic N) is 1. The van der Waals surface area contributed by atoms with Crippen LogP contribution in [-0.2, 0) is 16.1 Å². The highest BCUT2D eigenvalue weighted by Gasteiger charge is 2.48. The molecule has 0 bridgehead atoms. The first-order valence-electron chi connectivity index (χ1n) is 11.0. The molecule has 0 radical (unpaired) electrons. The molecule has 1 amide bonds. The van der Waals surface area contributed by atoms with Gasteiger partial charge in [0.05, 0.1) is 43.5 Å². The van der Waals surface area contributed by atoms with Crippen LogP contribution in [0, 0.1) is 0 Å². The van der Waals surface area contributed by atoms with Gasteiger partial charge in [-0.1, -0.05) is 23.2 Å². The molecule has 10 heteroatoms. The molecule has 0 aliphatic carbocycles. The monoisotopic (exact) mass is 527 g/mol. The van der Waals surface area contributed by atoms with E-state index in [0.29, 0.717) is 28.2 Å². The molecule has 35 heavy (non-hydrogen) atoms. The highest BCUT2D eigenvalue weighted by Crippen LogP contribution is 2.51. The molecule has 0 aromatic heterocycles. The number of aromatic hydroxyl groups is 1. The van der Waals surface area contributed by atoms with E-state index in [2.05, 4.69) is 0 Å². The number of aliphatic hydroxyl groups excluding tert-OH is 1. The zero-order valence-corrected chi connectivity index (χ0v) is 22.4. The number of methoxy groups -OCH3 is 2. The van der Waals surface area contributed by atoms with Gasteiger partial charge < -0.3 is 29.2 Å². The lowest BCUT2D eigenvalue weighted by Gasteiger charge is -2.35. The molecule has 1 fully saturated rings. The van der Waals surface area contributed by atoms with Gasteiger partial charge in [0, 0.05) is 22.8 Å². The van der Waals surface area contributed by atoms with Gasteiger partial charge in [-0.15, -0.1) is 0 Å². The fourth-order valence-corrected chi connectivity index (χ4v) is 4.96. The van der Waals surface area contributed by atoms with Crippen molar-refractivity contribution in [2.45, 2.75) is 58.6 Å². The van der Waals surface area contributed by atoms with Gasteiger partial charge >= 0.3 is 6.09 Å². The summed E-state index contributed by atoms with van der Waals surface area (Å²) in [5, 5.41) is 21.2. The van der Waals surface area contributed by atoms with Gasteiger partial charge in [0.2, 0.25) is 0 Å². The number of hydrogen-bond acceptors (Lipinski definition) is 7. The predicted octanol–water partition coefficient (Wildman–Crippen LogP) is 5.92. The normalized spacial score (nSPS) is 17.4. The van der Waals surface area contributed by atoms with Crippen LogP contribution in [0.25, 0.3) is 11.1 Å². The van der Waals surface area contributed by atoms with Crippen LogP contribution in [0.4, 0.5) is 4.79 Å². The second-order valence-electron chi connectivity index (χ2n) is 9.63. The second-order valence-corrected chi connectivity index (χ2v) is 10.4. The Morgan fingerprint density at radius 2 is 1.83 bits per heavy atom. The minimum Gasteiger partial charge on any atom is -0.507 e. The van der Waals surface area contributed by atoms with Gasteiger partial charge in [-0.2, -0.15) is 0 Å². The zero-order chi connectivity index (χ0) is 26.3. The lowest BCUT2D eigenvalue weighted by atomic mass is 9.93. The van der Waals surface area contributed by atoms with Crippen LogP contribution in [0.15, 0.2) is 18.2 Å². The highest BCUT2D eigenvalue weighted by atomic mass is 35.5. The molecule has 1 atom stereocenters. The number of carbonyl (C=O) groups is 1. The maximum atomic E-state index is 13.2. The minimum absolute atomic E-state index is 0.0908. The molecule has 0 unspecified atom stereocenters. The fraction of sp³-hybridized carbons (Fsp3) is 0.480. The molecule has 1 heterocycles. The summed E-state index contributed by atoms with van der Waals surface area (Å²) in [4.78, 5) is 14.6. The van der Waals surface area contributed by atoms with Crippen molar-refractivity contribution in [1.29, 1.82) is 0 Å². The summed E-state index contributed by atoms with van der Waals surface area (Å²) in [6.45, 7) is 8.54. The number of amides is 1. The summed E-state index contributed by atoms with van der Waals surface area (Å²) in [7, 11) is 2.95. The Morgan fingerprint density at radius 1 is 1.17 bits per heavy atom. The number of ether oxygens (including phenoxy) is 4. The van der Waals surface area contributed by atoms with Crippen molar-refractivity contribution in [2.75, 3.05) is 20.8 Å². The van der Waals surface area contributed by atoms with Crippen LogP contribution in [0.3, 0.4) is 0 Å². The average Bonchev–Trinajstić information content (AvgIpc) is 3.06. The Balaban J connectivity index is 2.25. The molecule has 192 valence electrons. The lowest BCUT2D eigenvalue weighted by Crippen LogP contribution is -2.47. The van der Waals surface area contributed by atoms with E-state index in [1.54, 1.807) is 46.8 Å². The summed E-state index contributed by atoms with van der Waals surface area (Å²) >= 11 is 13.5. The number of halogens is 2. The van der Waals surface area contributed by atoms with Gasteiger partial charge in [-0.25, -0.2) is 4.79 Å². The van der Waals surface area contributed by atoms with Crippen molar-refractivity contribution in [1.82, 2.24) is 4.90 Å². The number of rotatable bonds is 5. The largest absolute Gasteiger partial charge is 0.507 e. The van der Waals surface area contributed by atoms with E-state index in [9.17, 15) is 15.0 Å². The number of phenols is 1. The van der Waals surface area contributed by atoms with Crippen molar-refractivity contribution in [2.24, 2.45) is 0 Å². The van der Waals surface area contributed by atoms with Crippen molar-refractivity contribution in [3.8, 4) is 28.4 Å². The Bertz CT molecular complexity index is 1100. The molecule has 0 saturated carbocycles. The SMILES string of the molecule is COc1cc(CO)c(-c2c(O)cc(Cl)c([C@@H]3COC(C)(C)N3C(=O)OC(C)(C)C)c2Cl)c(OC)c1. The molecule has 2 N–H and O–H groups in total. The van der Waals surface area contributed by atoms with Gasteiger partial charge in [0.1, 0.15) is 28.6 Å². The molecule has 2 aromatic rings. The average molecular weight is 528 g/mol. The van der Waals surface area contributed by atoms with Gasteiger partial charge in [-0.3, -0.25) is 4.90 Å². The van der Waals surface area contributed by atoms with E-state index >= 15 is 0 Å². The van der Waals surface area contributed by atoms with Crippen molar-refractivity contribution in [3.63, 3.8) is 0 Å². The lowest BCUT2D eigenvalue weighted by molar-refractivity contribution is -0.0626. The number of hydrogen-bond donors (Lipinski definition) is 2. The van der Waals surface area contributed by atoms with Crippen molar-refractivity contribution < 1.29 is 34.0 Å². The smallest absolute Gasteiger partial charge is 0.413 e. The molecule has 2 aromatic carbocycles.